The van der Waals surface area contributed by atoms with Crippen LogP contribution in [0.15, 0.2) is 77.8 Å². The first kappa shape index (κ1) is 29.7. The number of anilines is 1. The number of fused-ring (bicyclic) bond motifs is 1. The van der Waals surface area contributed by atoms with Crippen LogP contribution in [0.25, 0.3) is 10.9 Å². The first-order chi connectivity index (χ1) is 18.0. The highest BCUT2D eigenvalue weighted by Gasteiger charge is 2.28. The van der Waals surface area contributed by atoms with Crippen LogP contribution in [0.5, 0.6) is 0 Å². The van der Waals surface area contributed by atoms with Gasteiger partial charge in [0.1, 0.15) is 12.4 Å². The predicted octanol–water partition coefficient (Wildman–Crippen LogP) is 4.63. The summed E-state index contributed by atoms with van der Waals surface area (Å²) in [7, 11) is -2.53. The average Bonchev–Trinajstić information content (AvgIpc) is 3.22. The summed E-state index contributed by atoms with van der Waals surface area (Å²) in [5.74, 6) is -1.52. The van der Waals surface area contributed by atoms with Crippen molar-refractivity contribution in [3.05, 3.63) is 94.6 Å². The van der Waals surface area contributed by atoms with Gasteiger partial charge >= 0.3 is 5.97 Å². The standard InChI is InChI=1S/C27H25ClN4O5S.ClH/c1-31-15-23(25(33)13-4-17-2-5-18(6-3-17)27(29)30)22-14-21(11-12-24(22)31)38(36,37)32(16-26(34)35)20-9-7-19(28)8-10-20;/h2-3,5-12,14-15H,4,13,16H2,1H3,(H3,29,30)(H,34,35);1H. The van der Waals surface area contributed by atoms with Crippen LogP contribution in [-0.4, -0.2) is 42.2 Å². The molecule has 4 rings (SSSR count). The first-order valence-electron chi connectivity index (χ1n) is 11.5. The molecule has 4 aromatic rings. The first-order valence-corrected chi connectivity index (χ1v) is 13.3. The van der Waals surface area contributed by atoms with Crippen molar-refractivity contribution in [1.82, 2.24) is 4.57 Å². The molecule has 39 heavy (non-hydrogen) atoms. The fourth-order valence-electron chi connectivity index (χ4n) is 4.17. The van der Waals surface area contributed by atoms with Crippen molar-refractivity contribution in [2.45, 2.75) is 17.7 Å². The number of benzene rings is 3. The number of ketones is 1. The topological polar surface area (TPSA) is 147 Å². The normalized spacial score (nSPS) is 11.1. The minimum Gasteiger partial charge on any atom is -0.480 e. The molecule has 0 aliphatic rings. The molecule has 1 heterocycles. The number of halogens is 2. The maximum absolute atomic E-state index is 13.6. The van der Waals surface area contributed by atoms with Gasteiger partial charge in [-0.25, -0.2) is 8.42 Å². The maximum Gasteiger partial charge on any atom is 0.324 e. The molecule has 0 aliphatic carbocycles. The Hall–Kier alpha value is -3.86. The molecule has 0 aliphatic heterocycles. The number of hydrogen-bond donors (Lipinski definition) is 3. The summed E-state index contributed by atoms with van der Waals surface area (Å²) in [4.78, 5) is 24.6. The number of rotatable bonds is 10. The van der Waals surface area contributed by atoms with E-state index in [2.05, 4.69) is 0 Å². The van der Waals surface area contributed by atoms with Crippen LogP contribution in [0.1, 0.15) is 27.9 Å². The van der Waals surface area contributed by atoms with Crippen LogP contribution in [0.4, 0.5) is 5.69 Å². The molecule has 3 aromatic carbocycles. The molecule has 204 valence electrons. The third-order valence-electron chi connectivity index (χ3n) is 6.15. The van der Waals surface area contributed by atoms with Gasteiger partial charge in [0.05, 0.1) is 10.6 Å². The summed E-state index contributed by atoms with van der Waals surface area (Å²) in [6.45, 7) is -0.787. The Morgan fingerprint density at radius 3 is 2.28 bits per heavy atom. The zero-order valence-corrected chi connectivity index (χ0v) is 23.2. The third-order valence-corrected chi connectivity index (χ3v) is 8.17. The van der Waals surface area contributed by atoms with E-state index in [0.29, 0.717) is 33.5 Å². The van der Waals surface area contributed by atoms with Gasteiger partial charge in [-0.15, -0.1) is 12.4 Å². The van der Waals surface area contributed by atoms with E-state index < -0.39 is 22.5 Å². The highest BCUT2D eigenvalue weighted by atomic mass is 35.5. The molecular weight excluding hydrogens is 563 g/mol. The van der Waals surface area contributed by atoms with Crippen molar-refractivity contribution < 1.29 is 23.1 Å². The van der Waals surface area contributed by atoms with Crippen molar-refractivity contribution >= 4 is 68.2 Å². The number of carboxylic acids is 1. The van der Waals surface area contributed by atoms with Crippen LogP contribution in [0.2, 0.25) is 5.02 Å². The number of carboxylic acid groups (broad SMARTS) is 1. The number of amidine groups is 1. The monoisotopic (exact) mass is 588 g/mol. The Morgan fingerprint density at radius 1 is 1.05 bits per heavy atom. The Balaban J connectivity index is 0.00000420. The molecule has 12 heteroatoms. The smallest absolute Gasteiger partial charge is 0.324 e. The van der Waals surface area contributed by atoms with Gasteiger partial charge in [0.2, 0.25) is 0 Å². The van der Waals surface area contributed by atoms with E-state index in [1.54, 1.807) is 36.0 Å². The molecular formula is C27H26Cl2N4O5S. The summed E-state index contributed by atoms with van der Waals surface area (Å²) in [6, 6.07) is 17.3. The lowest BCUT2D eigenvalue weighted by Crippen LogP contribution is -2.35. The molecule has 0 spiro atoms. The number of Topliss-reactive ketones (excluding diaryl/α,β-unsaturated/α-hetero) is 1. The van der Waals surface area contributed by atoms with Gasteiger partial charge in [-0.3, -0.25) is 19.3 Å². The fraction of sp³-hybridized carbons (Fsp3) is 0.148. The number of carbonyl (C=O) groups excluding carboxylic acids is 1. The molecule has 0 bridgehead atoms. The number of aryl methyl sites for hydroxylation is 2. The number of carbonyl (C=O) groups is 2. The van der Waals surface area contributed by atoms with Crippen LogP contribution in [-0.2, 0) is 28.3 Å². The van der Waals surface area contributed by atoms with Gasteiger partial charge in [-0.2, -0.15) is 0 Å². The quantitative estimate of drug-likeness (QED) is 0.140. The van der Waals surface area contributed by atoms with E-state index in [1.165, 1.54) is 36.4 Å². The van der Waals surface area contributed by atoms with Crippen LogP contribution < -0.4 is 10.0 Å². The van der Waals surface area contributed by atoms with Gasteiger partial charge in [-0.1, -0.05) is 35.9 Å². The van der Waals surface area contributed by atoms with Gasteiger partial charge in [0, 0.05) is 46.7 Å². The number of nitrogen functional groups attached to an aromatic ring is 1. The molecule has 0 saturated heterocycles. The Labute approximate surface area is 236 Å². The molecule has 1 aromatic heterocycles. The largest absolute Gasteiger partial charge is 0.480 e. The second-order valence-electron chi connectivity index (χ2n) is 8.75. The third kappa shape index (κ3) is 6.42. The van der Waals surface area contributed by atoms with Crippen LogP contribution in [0.3, 0.4) is 0 Å². The number of hydrogen-bond acceptors (Lipinski definition) is 5. The van der Waals surface area contributed by atoms with Crippen molar-refractivity contribution in [1.29, 1.82) is 5.41 Å². The molecule has 0 amide bonds. The second kappa shape index (κ2) is 11.9. The van der Waals surface area contributed by atoms with E-state index in [0.717, 1.165) is 9.87 Å². The van der Waals surface area contributed by atoms with Gasteiger partial charge < -0.3 is 15.4 Å². The molecule has 0 atom stereocenters. The zero-order chi connectivity index (χ0) is 27.6. The molecule has 0 saturated carbocycles. The van der Waals surface area contributed by atoms with E-state index >= 15 is 0 Å². The maximum atomic E-state index is 13.6. The van der Waals surface area contributed by atoms with Crippen LogP contribution in [0, 0.1) is 5.41 Å². The number of nitrogens with zero attached hydrogens (tertiary/aromatic N) is 2. The minimum absolute atomic E-state index is 0. The highest BCUT2D eigenvalue weighted by Crippen LogP contribution is 2.30. The summed E-state index contributed by atoms with van der Waals surface area (Å²) >= 11 is 5.92. The van der Waals surface area contributed by atoms with Crippen molar-refractivity contribution in [3.8, 4) is 0 Å². The summed E-state index contributed by atoms with van der Waals surface area (Å²) in [5, 5.41) is 17.7. The number of sulfonamides is 1. The number of aromatic nitrogens is 1. The summed E-state index contributed by atoms with van der Waals surface area (Å²) in [5.41, 5.74) is 8.17. The second-order valence-corrected chi connectivity index (χ2v) is 11.0. The molecule has 9 nitrogen and oxygen atoms in total. The van der Waals surface area contributed by atoms with Crippen LogP contribution >= 0.6 is 24.0 Å². The van der Waals surface area contributed by atoms with E-state index in [9.17, 15) is 23.1 Å². The molecule has 4 N–H and O–H groups in total. The Kier molecular flexibility index (Phi) is 9.06. The summed E-state index contributed by atoms with van der Waals surface area (Å²) < 4.78 is 29.7. The minimum atomic E-state index is -4.29. The zero-order valence-electron chi connectivity index (χ0n) is 20.8. The van der Waals surface area contributed by atoms with Gasteiger partial charge in [0.15, 0.2) is 5.78 Å². The average molecular weight is 590 g/mol. The van der Waals surface area contributed by atoms with Crippen molar-refractivity contribution in [2.24, 2.45) is 12.8 Å². The SMILES string of the molecule is Cl.Cn1cc(C(=O)CCc2ccc(C(=N)N)cc2)c2cc(S(=O)(=O)N(CC(=O)O)c3ccc(Cl)cc3)ccc21. The number of nitrogens with two attached hydrogens (primary N) is 1. The van der Waals surface area contributed by atoms with Crippen molar-refractivity contribution in [2.75, 3.05) is 10.8 Å². The Morgan fingerprint density at radius 2 is 1.69 bits per heavy atom. The predicted molar refractivity (Wildman–Crippen MR) is 154 cm³/mol. The Bertz CT molecular complexity index is 1650. The van der Waals surface area contributed by atoms with E-state index in [4.69, 9.17) is 22.7 Å². The van der Waals surface area contributed by atoms with E-state index in [1.807, 2.05) is 12.1 Å². The lowest BCUT2D eigenvalue weighted by Gasteiger charge is -2.23. The number of aliphatic carboxylic acids is 1. The molecule has 0 radical (unpaired) electrons. The van der Waals surface area contributed by atoms with E-state index in [-0.39, 0.29) is 41.0 Å². The lowest BCUT2D eigenvalue weighted by atomic mass is 10.0. The molecule has 0 unspecified atom stereocenters. The highest BCUT2D eigenvalue weighted by molar-refractivity contribution is 7.92. The number of nitrogens with one attached hydrogen (secondary N) is 1. The molecule has 0 fully saturated rings. The van der Waals surface area contributed by atoms with Gasteiger partial charge in [-0.05, 0) is 54.4 Å². The van der Waals surface area contributed by atoms with Crippen molar-refractivity contribution in [3.63, 3.8) is 0 Å². The van der Waals surface area contributed by atoms with Gasteiger partial charge in [0.25, 0.3) is 10.0 Å². The lowest BCUT2D eigenvalue weighted by molar-refractivity contribution is -0.135. The summed E-state index contributed by atoms with van der Waals surface area (Å²) in [6.07, 6.45) is 2.30. The fourth-order valence-corrected chi connectivity index (χ4v) is 5.74.